The quantitative estimate of drug-likeness (QED) is 0.922. The molecule has 1 amide bonds. The summed E-state index contributed by atoms with van der Waals surface area (Å²) in [5.41, 5.74) is 1.06. The second-order valence-corrected chi connectivity index (χ2v) is 7.39. The average molecular weight is 317 g/mol. The molecule has 2 aromatic carbocycles. The van der Waals surface area contributed by atoms with E-state index in [1.54, 1.807) is 54.6 Å². The minimum atomic E-state index is -3.41. The van der Waals surface area contributed by atoms with Crippen LogP contribution in [0.25, 0.3) is 0 Å². The maximum atomic E-state index is 12.4. The highest BCUT2D eigenvalue weighted by molar-refractivity contribution is 7.90. The predicted octanol–water partition coefficient (Wildman–Crippen LogP) is 2.80. The first-order chi connectivity index (χ1) is 10.4. The van der Waals surface area contributed by atoms with Gasteiger partial charge in [-0.2, -0.15) is 0 Å². The van der Waals surface area contributed by atoms with Crippen molar-refractivity contribution in [3.63, 3.8) is 0 Å². The first-order valence-corrected chi connectivity index (χ1v) is 8.71. The van der Waals surface area contributed by atoms with Crippen molar-refractivity contribution in [3.05, 3.63) is 65.7 Å². The molecule has 0 saturated carbocycles. The lowest BCUT2D eigenvalue weighted by atomic mass is 10.1. The van der Waals surface area contributed by atoms with E-state index in [0.717, 1.165) is 0 Å². The molecule has 22 heavy (non-hydrogen) atoms. The molecule has 2 rings (SSSR count). The number of rotatable bonds is 5. The van der Waals surface area contributed by atoms with E-state index in [4.69, 9.17) is 0 Å². The fourth-order valence-electron chi connectivity index (χ4n) is 2.08. The molecular formula is C17H19NO3S. The Hall–Kier alpha value is -2.14. The van der Waals surface area contributed by atoms with Crippen molar-refractivity contribution in [3.8, 4) is 0 Å². The van der Waals surface area contributed by atoms with Crippen LogP contribution in [0.1, 0.15) is 29.8 Å². The van der Waals surface area contributed by atoms with Crippen LogP contribution in [0.15, 0.2) is 59.5 Å². The van der Waals surface area contributed by atoms with Crippen molar-refractivity contribution in [1.29, 1.82) is 0 Å². The summed E-state index contributed by atoms with van der Waals surface area (Å²) < 4.78 is 24.7. The van der Waals surface area contributed by atoms with E-state index in [-0.39, 0.29) is 22.6 Å². The van der Waals surface area contributed by atoms with Gasteiger partial charge in [-0.25, -0.2) is 8.42 Å². The number of carbonyl (C=O) groups is 1. The lowest BCUT2D eigenvalue weighted by Crippen LogP contribution is -2.30. The number of hydrogen-bond acceptors (Lipinski definition) is 3. The van der Waals surface area contributed by atoms with E-state index in [1.807, 2.05) is 13.8 Å². The fraction of sp³-hybridized carbons (Fsp3) is 0.235. The zero-order chi connectivity index (χ0) is 16.2. The van der Waals surface area contributed by atoms with Gasteiger partial charge in [0.25, 0.3) is 5.91 Å². The van der Waals surface area contributed by atoms with Crippen LogP contribution < -0.4 is 5.32 Å². The summed E-state index contributed by atoms with van der Waals surface area (Å²) in [7, 11) is -3.41. The van der Waals surface area contributed by atoms with Crippen molar-refractivity contribution < 1.29 is 13.2 Å². The third kappa shape index (κ3) is 4.18. The molecule has 0 bridgehead atoms. The van der Waals surface area contributed by atoms with Crippen molar-refractivity contribution in [1.82, 2.24) is 5.32 Å². The molecule has 0 aromatic heterocycles. The molecule has 116 valence electrons. The molecule has 1 N–H and O–H groups in total. The van der Waals surface area contributed by atoms with Crippen molar-refractivity contribution >= 4 is 15.7 Å². The molecule has 0 heterocycles. The first-order valence-electron chi connectivity index (χ1n) is 7.06. The Balaban J connectivity index is 2.22. The first kappa shape index (κ1) is 16.2. The van der Waals surface area contributed by atoms with Crippen molar-refractivity contribution in [2.24, 2.45) is 0 Å². The number of sulfone groups is 1. The topological polar surface area (TPSA) is 63.2 Å². The molecule has 4 nitrogen and oxygen atoms in total. The molecule has 0 aliphatic rings. The summed E-state index contributed by atoms with van der Waals surface area (Å²) in [6.07, 6.45) is 0. The van der Waals surface area contributed by atoms with Gasteiger partial charge in [-0.3, -0.25) is 4.79 Å². The fourth-order valence-corrected chi connectivity index (χ4v) is 3.44. The van der Waals surface area contributed by atoms with Crippen LogP contribution in [0.5, 0.6) is 0 Å². The van der Waals surface area contributed by atoms with E-state index in [2.05, 4.69) is 5.32 Å². The summed E-state index contributed by atoms with van der Waals surface area (Å²) in [4.78, 5) is 12.3. The van der Waals surface area contributed by atoms with E-state index in [1.165, 1.54) is 0 Å². The highest BCUT2D eigenvalue weighted by Crippen LogP contribution is 2.17. The third-order valence-corrected chi connectivity index (χ3v) is 4.77. The van der Waals surface area contributed by atoms with Crippen LogP contribution >= 0.6 is 0 Å². The van der Waals surface area contributed by atoms with Gasteiger partial charge in [0.15, 0.2) is 9.84 Å². The average Bonchev–Trinajstić information content (AvgIpc) is 2.47. The molecule has 0 fully saturated rings. The number of hydrogen-bond donors (Lipinski definition) is 1. The Kier molecular flexibility index (Phi) is 4.98. The van der Waals surface area contributed by atoms with Gasteiger partial charge in [-0.1, -0.05) is 30.3 Å². The molecule has 0 aliphatic carbocycles. The number of amides is 1. The predicted molar refractivity (Wildman–Crippen MR) is 86.4 cm³/mol. The van der Waals surface area contributed by atoms with Gasteiger partial charge in [0, 0.05) is 11.6 Å². The highest BCUT2D eigenvalue weighted by Gasteiger charge is 2.16. The Morgan fingerprint density at radius 2 is 1.73 bits per heavy atom. The van der Waals surface area contributed by atoms with Gasteiger partial charge < -0.3 is 5.32 Å². The minimum absolute atomic E-state index is 0.0317. The van der Waals surface area contributed by atoms with Gasteiger partial charge >= 0.3 is 0 Å². The third-order valence-electron chi connectivity index (χ3n) is 3.07. The Morgan fingerprint density at radius 3 is 2.36 bits per heavy atom. The molecule has 0 atom stereocenters. The standard InChI is InChI=1S/C17H19NO3S/c1-13(2)18-17(19)15-8-6-7-14(11-15)12-22(20,21)16-9-4-3-5-10-16/h3-11,13H,12H2,1-2H3,(H,18,19). The molecule has 2 aromatic rings. The van der Waals surface area contributed by atoms with Crippen LogP contribution in [0.2, 0.25) is 0 Å². The maximum absolute atomic E-state index is 12.4. The van der Waals surface area contributed by atoms with Gasteiger partial charge in [0.2, 0.25) is 0 Å². The van der Waals surface area contributed by atoms with Gasteiger partial charge in [-0.15, -0.1) is 0 Å². The zero-order valence-corrected chi connectivity index (χ0v) is 13.4. The Labute approximate surface area is 131 Å². The monoisotopic (exact) mass is 317 g/mol. The lowest BCUT2D eigenvalue weighted by molar-refractivity contribution is 0.0943. The largest absolute Gasteiger partial charge is 0.350 e. The van der Waals surface area contributed by atoms with E-state index in [0.29, 0.717) is 11.1 Å². The smallest absolute Gasteiger partial charge is 0.251 e. The van der Waals surface area contributed by atoms with Crippen LogP contribution in [0, 0.1) is 0 Å². The molecule has 5 heteroatoms. The van der Waals surface area contributed by atoms with Crippen LogP contribution in [-0.4, -0.2) is 20.4 Å². The number of benzene rings is 2. The summed E-state index contributed by atoms with van der Waals surface area (Å²) >= 11 is 0. The van der Waals surface area contributed by atoms with Crippen LogP contribution in [0.3, 0.4) is 0 Å². The molecule has 0 unspecified atom stereocenters. The summed E-state index contributed by atoms with van der Waals surface area (Å²) in [6.45, 7) is 3.75. The molecule has 0 radical (unpaired) electrons. The van der Waals surface area contributed by atoms with E-state index < -0.39 is 9.84 Å². The minimum Gasteiger partial charge on any atom is -0.350 e. The van der Waals surface area contributed by atoms with Crippen LogP contribution in [-0.2, 0) is 15.6 Å². The molecular weight excluding hydrogens is 298 g/mol. The van der Waals surface area contributed by atoms with Gasteiger partial charge in [-0.05, 0) is 43.7 Å². The van der Waals surface area contributed by atoms with Crippen molar-refractivity contribution in [2.45, 2.75) is 30.5 Å². The normalized spacial score (nSPS) is 11.4. The summed E-state index contributed by atoms with van der Waals surface area (Å²) in [5.74, 6) is -0.325. The number of carbonyl (C=O) groups excluding carboxylic acids is 1. The highest BCUT2D eigenvalue weighted by atomic mass is 32.2. The summed E-state index contributed by atoms with van der Waals surface area (Å²) in [6, 6.07) is 15.1. The van der Waals surface area contributed by atoms with Gasteiger partial charge in [0.1, 0.15) is 0 Å². The maximum Gasteiger partial charge on any atom is 0.251 e. The zero-order valence-electron chi connectivity index (χ0n) is 12.6. The van der Waals surface area contributed by atoms with Gasteiger partial charge in [0.05, 0.1) is 10.6 Å². The molecule has 0 saturated heterocycles. The summed E-state index contributed by atoms with van der Waals surface area (Å²) in [5, 5.41) is 2.79. The van der Waals surface area contributed by atoms with Crippen molar-refractivity contribution in [2.75, 3.05) is 0 Å². The molecule has 0 aliphatic heterocycles. The van der Waals surface area contributed by atoms with E-state index >= 15 is 0 Å². The molecule has 0 spiro atoms. The Morgan fingerprint density at radius 1 is 1.05 bits per heavy atom. The second-order valence-electron chi connectivity index (χ2n) is 5.40. The Bertz CT molecular complexity index is 752. The lowest BCUT2D eigenvalue weighted by Gasteiger charge is -2.10. The SMILES string of the molecule is CC(C)NC(=O)c1cccc(CS(=O)(=O)c2ccccc2)c1. The number of nitrogens with one attached hydrogen (secondary N) is 1. The second kappa shape index (κ2) is 6.75. The van der Waals surface area contributed by atoms with Crippen LogP contribution in [0.4, 0.5) is 0 Å². The van der Waals surface area contributed by atoms with E-state index in [9.17, 15) is 13.2 Å².